The molecule has 6 heteroatoms. The number of hydrogen-bond acceptors (Lipinski definition) is 5. The Morgan fingerprint density at radius 3 is 2.76 bits per heavy atom. The highest BCUT2D eigenvalue weighted by Crippen LogP contribution is 2.26. The maximum absolute atomic E-state index is 11.5. The molecule has 130 valence electrons. The Bertz CT molecular complexity index is 722. The van der Waals surface area contributed by atoms with Crippen LogP contribution >= 0.6 is 11.8 Å². The van der Waals surface area contributed by atoms with Crippen LogP contribution in [0.3, 0.4) is 0 Å². The van der Waals surface area contributed by atoms with E-state index in [-0.39, 0.29) is 5.91 Å². The fraction of sp³-hybridized carbons (Fsp3) is 0.421. The number of amides is 1. The van der Waals surface area contributed by atoms with Crippen molar-refractivity contribution in [2.24, 2.45) is 5.92 Å². The van der Waals surface area contributed by atoms with Gasteiger partial charge in [-0.15, -0.1) is 0 Å². The van der Waals surface area contributed by atoms with E-state index in [1.807, 2.05) is 18.5 Å². The van der Waals surface area contributed by atoms with Crippen LogP contribution < -0.4 is 5.32 Å². The molecule has 2 atom stereocenters. The lowest BCUT2D eigenvalue weighted by Gasteiger charge is -2.34. The van der Waals surface area contributed by atoms with Crippen molar-refractivity contribution in [1.29, 1.82) is 0 Å². The van der Waals surface area contributed by atoms with Crippen LogP contribution in [0.4, 0.5) is 0 Å². The maximum atomic E-state index is 11.5. The zero-order chi connectivity index (χ0) is 17.1. The first kappa shape index (κ1) is 16.5. The number of fused-ring (bicyclic) bond motifs is 1. The van der Waals surface area contributed by atoms with Crippen LogP contribution in [0.5, 0.6) is 0 Å². The Hall–Kier alpha value is -1.92. The van der Waals surface area contributed by atoms with Crippen LogP contribution in [0.2, 0.25) is 0 Å². The second-order valence-corrected chi connectivity index (χ2v) is 7.75. The van der Waals surface area contributed by atoms with E-state index in [9.17, 15) is 4.79 Å². The quantitative estimate of drug-likeness (QED) is 0.660. The summed E-state index contributed by atoms with van der Waals surface area (Å²) in [7, 11) is 0. The number of thioether (sulfide) groups is 1. The van der Waals surface area contributed by atoms with Gasteiger partial charge in [0.15, 0.2) is 5.16 Å². The van der Waals surface area contributed by atoms with Crippen LogP contribution in [0, 0.1) is 5.92 Å². The number of benzene rings is 1. The van der Waals surface area contributed by atoms with Gasteiger partial charge in [0.2, 0.25) is 5.91 Å². The molecule has 0 bridgehead atoms. The van der Waals surface area contributed by atoms with Gasteiger partial charge in [-0.25, -0.2) is 9.97 Å². The zero-order valence-electron chi connectivity index (χ0n) is 14.1. The Morgan fingerprint density at radius 2 is 1.96 bits per heavy atom. The molecular weight excluding hydrogens is 332 g/mol. The largest absolute Gasteiger partial charge is 0.352 e. The molecule has 2 saturated heterocycles. The maximum Gasteiger partial charge on any atom is 0.220 e. The second kappa shape index (κ2) is 7.54. The summed E-state index contributed by atoms with van der Waals surface area (Å²) in [5.74, 6) is 1.62. The molecule has 0 saturated carbocycles. The average molecular weight is 354 g/mol. The van der Waals surface area contributed by atoms with E-state index in [1.54, 1.807) is 11.8 Å². The van der Waals surface area contributed by atoms with Crippen LogP contribution in [0.15, 0.2) is 47.9 Å². The minimum absolute atomic E-state index is 0.208. The molecule has 2 aliphatic rings. The normalized spacial score (nSPS) is 23.3. The Balaban J connectivity index is 1.29. The summed E-state index contributed by atoms with van der Waals surface area (Å²) in [4.78, 5) is 22.9. The SMILES string of the molecule is O=C1C[C@H]2CCN(Cc3cnc(SCc4ccccc4)nc3)C[C@H]2N1. The summed E-state index contributed by atoms with van der Waals surface area (Å²) in [5.41, 5.74) is 2.41. The third-order valence-corrected chi connectivity index (χ3v) is 5.88. The second-order valence-electron chi connectivity index (χ2n) is 6.81. The third-order valence-electron chi connectivity index (χ3n) is 4.93. The molecule has 0 radical (unpaired) electrons. The number of rotatable bonds is 5. The van der Waals surface area contributed by atoms with E-state index in [0.29, 0.717) is 18.4 Å². The summed E-state index contributed by atoms with van der Waals surface area (Å²) < 4.78 is 0. The first-order valence-electron chi connectivity index (χ1n) is 8.75. The van der Waals surface area contributed by atoms with E-state index in [2.05, 4.69) is 44.5 Å². The molecule has 5 nitrogen and oxygen atoms in total. The van der Waals surface area contributed by atoms with Gasteiger partial charge in [0.05, 0.1) is 0 Å². The molecule has 2 fully saturated rings. The lowest BCUT2D eigenvalue weighted by molar-refractivity contribution is -0.119. The first-order valence-corrected chi connectivity index (χ1v) is 9.74. The van der Waals surface area contributed by atoms with Gasteiger partial charge in [0, 0.05) is 49.3 Å². The van der Waals surface area contributed by atoms with Gasteiger partial charge in [-0.1, -0.05) is 42.1 Å². The number of nitrogens with zero attached hydrogens (tertiary/aromatic N) is 3. The number of carbonyl (C=O) groups excluding carboxylic acids is 1. The molecule has 3 heterocycles. The van der Waals surface area contributed by atoms with Crippen molar-refractivity contribution in [3.63, 3.8) is 0 Å². The first-order chi connectivity index (χ1) is 12.3. The predicted molar refractivity (Wildman–Crippen MR) is 98.0 cm³/mol. The summed E-state index contributed by atoms with van der Waals surface area (Å²) in [6, 6.07) is 10.7. The molecular formula is C19H22N4OS. The number of carbonyl (C=O) groups is 1. The fourth-order valence-corrected chi connectivity index (χ4v) is 4.35. The van der Waals surface area contributed by atoms with E-state index >= 15 is 0 Å². The Kier molecular flexibility index (Phi) is 4.99. The molecule has 1 aromatic heterocycles. The molecule has 1 N–H and O–H groups in total. The van der Waals surface area contributed by atoms with Crippen molar-refractivity contribution < 1.29 is 4.79 Å². The Morgan fingerprint density at radius 1 is 1.16 bits per heavy atom. The highest BCUT2D eigenvalue weighted by Gasteiger charge is 2.36. The Labute approximate surface area is 152 Å². The van der Waals surface area contributed by atoms with E-state index in [0.717, 1.165) is 42.5 Å². The van der Waals surface area contributed by atoms with Crippen molar-refractivity contribution in [3.05, 3.63) is 53.9 Å². The van der Waals surface area contributed by atoms with Crippen LogP contribution in [0.25, 0.3) is 0 Å². The summed E-state index contributed by atoms with van der Waals surface area (Å²) in [6.45, 7) is 2.82. The predicted octanol–water partition coefficient (Wildman–Crippen LogP) is 2.48. The van der Waals surface area contributed by atoms with E-state index in [1.165, 1.54) is 5.56 Å². The highest BCUT2D eigenvalue weighted by atomic mass is 32.2. The number of piperidine rings is 1. The van der Waals surface area contributed by atoms with Gasteiger partial charge in [-0.3, -0.25) is 9.69 Å². The van der Waals surface area contributed by atoms with Gasteiger partial charge < -0.3 is 5.32 Å². The molecule has 0 spiro atoms. The molecule has 2 aromatic rings. The number of likely N-dealkylation sites (tertiary alicyclic amines) is 1. The van der Waals surface area contributed by atoms with Gasteiger partial charge in [-0.2, -0.15) is 0 Å². The van der Waals surface area contributed by atoms with Gasteiger partial charge in [0.25, 0.3) is 0 Å². The van der Waals surface area contributed by atoms with Crippen molar-refractivity contribution in [1.82, 2.24) is 20.2 Å². The molecule has 25 heavy (non-hydrogen) atoms. The monoisotopic (exact) mass is 354 g/mol. The van der Waals surface area contributed by atoms with Crippen LogP contribution in [-0.4, -0.2) is 39.9 Å². The van der Waals surface area contributed by atoms with Gasteiger partial charge in [0.1, 0.15) is 0 Å². The molecule has 1 aromatic carbocycles. The van der Waals surface area contributed by atoms with Crippen molar-refractivity contribution in [3.8, 4) is 0 Å². The lowest BCUT2D eigenvalue weighted by Crippen LogP contribution is -2.46. The molecule has 0 aliphatic carbocycles. The smallest absolute Gasteiger partial charge is 0.220 e. The summed E-state index contributed by atoms with van der Waals surface area (Å²) in [6.07, 6.45) is 5.66. The van der Waals surface area contributed by atoms with Crippen molar-refractivity contribution >= 4 is 17.7 Å². The average Bonchev–Trinajstić information content (AvgIpc) is 3.01. The standard InChI is InChI=1S/C19H22N4OS/c24-18-8-16-6-7-23(12-17(16)22-18)11-15-9-20-19(21-10-15)25-13-14-4-2-1-3-5-14/h1-5,9-10,16-17H,6-8,11-13H2,(H,22,24)/t16-,17-/m1/s1. The van der Waals surface area contributed by atoms with Crippen LogP contribution in [0.1, 0.15) is 24.0 Å². The molecule has 1 amide bonds. The molecule has 0 unspecified atom stereocenters. The highest BCUT2D eigenvalue weighted by molar-refractivity contribution is 7.98. The van der Waals surface area contributed by atoms with E-state index < -0.39 is 0 Å². The topological polar surface area (TPSA) is 58.1 Å². The van der Waals surface area contributed by atoms with Crippen molar-refractivity contribution in [2.45, 2.75) is 36.3 Å². The van der Waals surface area contributed by atoms with Crippen LogP contribution in [-0.2, 0) is 17.1 Å². The summed E-state index contributed by atoms with van der Waals surface area (Å²) in [5, 5.41) is 3.91. The number of hydrogen-bond donors (Lipinski definition) is 1. The van der Waals surface area contributed by atoms with E-state index in [4.69, 9.17) is 0 Å². The minimum Gasteiger partial charge on any atom is -0.352 e. The van der Waals surface area contributed by atoms with Gasteiger partial charge >= 0.3 is 0 Å². The van der Waals surface area contributed by atoms with Gasteiger partial charge in [-0.05, 0) is 24.4 Å². The number of aromatic nitrogens is 2. The molecule has 2 aliphatic heterocycles. The third kappa shape index (κ3) is 4.19. The minimum atomic E-state index is 0.208. The molecule has 4 rings (SSSR count). The lowest BCUT2D eigenvalue weighted by atomic mass is 9.92. The zero-order valence-corrected chi connectivity index (χ0v) is 14.9. The number of nitrogens with one attached hydrogen (secondary N) is 1. The summed E-state index contributed by atoms with van der Waals surface area (Å²) >= 11 is 1.66. The fourth-order valence-electron chi connectivity index (χ4n) is 3.60. The van der Waals surface area contributed by atoms with Crippen molar-refractivity contribution in [2.75, 3.05) is 13.1 Å².